The van der Waals surface area contributed by atoms with Gasteiger partial charge in [0, 0.05) is 13.6 Å². The zero-order chi connectivity index (χ0) is 14.0. The predicted octanol–water partition coefficient (Wildman–Crippen LogP) is 2.78. The van der Waals surface area contributed by atoms with E-state index in [9.17, 15) is 8.42 Å². The van der Waals surface area contributed by atoms with Crippen LogP contribution >= 0.6 is 38.9 Å². The van der Waals surface area contributed by atoms with E-state index in [1.54, 1.807) is 7.05 Å². The van der Waals surface area contributed by atoms with Gasteiger partial charge in [0.2, 0.25) is 0 Å². The molecule has 4 nitrogen and oxygen atoms in total. The minimum absolute atomic E-state index is 0.288. The summed E-state index contributed by atoms with van der Waals surface area (Å²) in [5.74, 6) is 0.382. The summed E-state index contributed by atoms with van der Waals surface area (Å²) in [4.78, 5) is 0. The van der Waals surface area contributed by atoms with Crippen LogP contribution in [0.1, 0.15) is 12.8 Å². The second kappa shape index (κ2) is 6.41. The molecular weight excluding hydrogens is 372 g/mol. The molecule has 2 rings (SSSR count). The van der Waals surface area contributed by atoms with Gasteiger partial charge in [-0.1, -0.05) is 11.6 Å². The van der Waals surface area contributed by atoms with Gasteiger partial charge in [-0.15, -0.1) is 11.3 Å². The molecule has 0 amide bonds. The fraction of sp³-hybridized carbons (Fsp3) is 0.636. The molecule has 0 aromatic carbocycles. The molecule has 2 heterocycles. The highest BCUT2D eigenvalue weighted by atomic mass is 79.9. The van der Waals surface area contributed by atoms with Crippen molar-refractivity contribution in [2.45, 2.75) is 17.1 Å². The minimum atomic E-state index is -3.43. The lowest BCUT2D eigenvalue weighted by atomic mass is 10.00. The van der Waals surface area contributed by atoms with E-state index in [1.807, 2.05) is 0 Å². The summed E-state index contributed by atoms with van der Waals surface area (Å²) in [5, 5.41) is 3.74. The highest BCUT2D eigenvalue weighted by Gasteiger charge is 2.27. The van der Waals surface area contributed by atoms with Crippen molar-refractivity contribution < 1.29 is 8.42 Å². The number of rotatable bonds is 4. The van der Waals surface area contributed by atoms with Gasteiger partial charge in [0.1, 0.15) is 4.21 Å². The normalized spacial score (nSPS) is 20.9. The molecule has 1 atom stereocenters. The molecule has 0 spiro atoms. The van der Waals surface area contributed by atoms with Crippen LogP contribution in [0, 0.1) is 5.92 Å². The molecule has 8 heteroatoms. The third kappa shape index (κ3) is 3.71. The third-order valence-corrected chi connectivity index (χ3v) is 7.95. The van der Waals surface area contributed by atoms with Gasteiger partial charge in [-0.25, -0.2) is 8.42 Å². The summed E-state index contributed by atoms with van der Waals surface area (Å²) in [6, 6.07) is 1.50. The Kier molecular flexibility index (Phi) is 5.30. The largest absolute Gasteiger partial charge is 0.316 e. The Bertz CT molecular complexity index is 521. The lowest BCUT2D eigenvalue weighted by molar-refractivity contribution is 0.315. The van der Waals surface area contributed by atoms with Gasteiger partial charge in [0.15, 0.2) is 0 Å². The number of sulfonamides is 1. The number of hydrogen-bond acceptors (Lipinski definition) is 4. The molecule has 19 heavy (non-hydrogen) atoms. The minimum Gasteiger partial charge on any atom is -0.316 e. The highest BCUT2D eigenvalue weighted by molar-refractivity contribution is 9.11. The molecule has 1 saturated heterocycles. The van der Waals surface area contributed by atoms with Crippen molar-refractivity contribution in [3.63, 3.8) is 0 Å². The Hall–Kier alpha value is 0.340. The van der Waals surface area contributed by atoms with Crippen LogP contribution in [0.25, 0.3) is 0 Å². The van der Waals surface area contributed by atoms with Crippen molar-refractivity contribution >= 4 is 48.9 Å². The van der Waals surface area contributed by atoms with Crippen LogP contribution < -0.4 is 5.32 Å². The van der Waals surface area contributed by atoms with Crippen LogP contribution in [-0.2, 0) is 10.0 Å². The molecule has 0 radical (unpaired) electrons. The number of halogens is 2. The third-order valence-electron chi connectivity index (χ3n) is 3.20. The Morgan fingerprint density at radius 3 is 2.89 bits per heavy atom. The van der Waals surface area contributed by atoms with Crippen LogP contribution in [-0.4, -0.2) is 39.4 Å². The Morgan fingerprint density at radius 1 is 1.63 bits per heavy atom. The van der Waals surface area contributed by atoms with E-state index in [-0.39, 0.29) is 4.21 Å². The maximum atomic E-state index is 12.4. The summed E-state index contributed by atoms with van der Waals surface area (Å²) < 4.78 is 27.2. The number of piperidine rings is 1. The van der Waals surface area contributed by atoms with Crippen LogP contribution in [0.4, 0.5) is 0 Å². The number of nitrogens with one attached hydrogen (secondary N) is 1. The molecule has 1 aromatic rings. The van der Waals surface area contributed by atoms with E-state index in [4.69, 9.17) is 11.6 Å². The lowest BCUT2D eigenvalue weighted by Gasteiger charge is -2.26. The Labute approximate surface area is 131 Å². The first-order chi connectivity index (χ1) is 8.91. The number of hydrogen-bond donors (Lipinski definition) is 1. The standard InChI is InChI=1S/C11H16BrClN2O2S2/c1-15(7-8-3-2-4-14-6-8)19(16,17)10-5-9(13)11(12)18-10/h5,8,14H,2-4,6-7H2,1H3. The fourth-order valence-corrected chi connectivity index (χ4v) is 6.01. The van der Waals surface area contributed by atoms with Gasteiger partial charge in [0.25, 0.3) is 10.0 Å². The molecule has 1 aliphatic heterocycles. The molecule has 0 saturated carbocycles. The van der Waals surface area contributed by atoms with E-state index < -0.39 is 10.0 Å². The van der Waals surface area contributed by atoms with Crippen LogP contribution in [0.2, 0.25) is 5.02 Å². The van der Waals surface area contributed by atoms with Crippen molar-refractivity contribution in [3.05, 3.63) is 14.9 Å². The first kappa shape index (κ1) is 15.7. The molecule has 0 bridgehead atoms. The molecule has 1 N–H and O–H groups in total. The van der Waals surface area contributed by atoms with E-state index in [0.717, 1.165) is 37.3 Å². The second-order valence-corrected chi connectivity index (χ2v) is 9.73. The Morgan fingerprint density at radius 2 is 2.37 bits per heavy atom. The van der Waals surface area contributed by atoms with Gasteiger partial charge in [0.05, 0.1) is 8.81 Å². The van der Waals surface area contributed by atoms with Gasteiger partial charge in [-0.2, -0.15) is 4.31 Å². The van der Waals surface area contributed by atoms with Gasteiger partial charge in [-0.3, -0.25) is 0 Å². The quantitative estimate of drug-likeness (QED) is 0.864. The first-order valence-corrected chi connectivity index (χ1v) is 9.46. The summed E-state index contributed by atoms with van der Waals surface area (Å²) >= 11 is 10.3. The van der Waals surface area contributed by atoms with E-state index in [1.165, 1.54) is 10.4 Å². The average Bonchev–Trinajstić information content (AvgIpc) is 2.71. The zero-order valence-electron chi connectivity index (χ0n) is 10.5. The maximum absolute atomic E-state index is 12.4. The van der Waals surface area contributed by atoms with Crippen molar-refractivity contribution in [2.75, 3.05) is 26.7 Å². The Balaban J connectivity index is 2.10. The van der Waals surface area contributed by atoms with E-state index in [0.29, 0.717) is 21.3 Å². The second-order valence-electron chi connectivity index (χ2n) is 4.68. The van der Waals surface area contributed by atoms with Gasteiger partial charge < -0.3 is 5.32 Å². The smallest absolute Gasteiger partial charge is 0.252 e. The number of thiophene rings is 1. The van der Waals surface area contributed by atoms with Crippen molar-refractivity contribution in [1.82, 2.24) is 9.62 Å². The summed E-state index contributed by atoms with van der Waals surface area (Å²) in [7, 11) is -1.80. The van der Waals surface area contributed by atoms with Crippen molar-refractivity contribution in [3.8, 4) is 0 Å². The number of nitrogens with zero attached hydrogens (tertiary/aromatic N) is 1. The highest BCUT2D eigenvalue weighted by Crippen LogP contribution is 2.35. The monoisotopic (exact) mass is 386 g/mol. The van der Waals surface area contributed by atoms with Crippen LogP contribution in [0.5, 0.6) is 0 Å². The lowest BCUT2D eigenvalue weighted by Crippen LogP contribution is -2.38. The summed E-state index contributed by atoms with van der Waals surface area (Å²) in [6.07, 6.45) is 2.18. The predicted molar refractivity (Wildman–Crippen MR) is 82.4 cm³/mol. The molecule has 1 aliphatic rings. The molecule has 108 valence electrons. The van der Waals surface area contributed by atoms with E-state index in [2.05, 4.69) is 21.2 Å². The average molecular weight is 388 g/mol. The summed E-state index contributed by atoms with van der Waals surface area (Å²) in [5.41, 5.74) is 0. The molecule has 1 unspecified atom stereocenters. The SMILES string of the molecule is CN(CC1CCCNC1)S(=O)(=O)c1cc(Cl)c(Br)s1. The fourth-order valence-electron chi connectivity index (χ4n) is 2.15. The van der Waals surface area contributed by atoms with Gasteiger partial charge >= 0.3 is 0 Å². The molecule has 0 aliphatic carbocycles. The van der Waals surface area contributed by atoms with Crippen molar-refractivity contribution in [1.29, 1.82) is 0 Å². The summed E-state index contributed by atoms with van der Waals surface area (Å²) in [6.45, 7) is 2.46. The van der Waals surface area contributed by atoms with Crippen molar-refractivity contribution in [2.24, 2.45) is 5.92 Å². The van der Waals surface area contributed by atoms with Crippen LogP contribution in [0.3, 0.4) is 0 Å². The molecule has 1 aromatic heterocycles. The zero-order valence-corrected chi connectivity index (χ0v) is 14.5. The topological polar surface area (TPSA) is 49.4 Å². The van der Waals surface area contributed by atoms with E-state index >= 15 is 0 Å². The molecule has 1 fully saturated rings. The molecular formula is C11H16BrClN2O2S2. The maximum Gasteiger partial charge on any atom is 0.252 e. The van der Waals surface area contributed by atoms with Crippen LogP contribution in [0.15, 0.2) is 14.1 Å². The first-order valence-electron chi connectivity index (χ1n) is 6.03. The van der Waals surface area contributed by atoms with Gasteiger partial charge in [-0.05, 0) is 53.8 Å².